The van der Waals surface area contributed by atoms with Crippen LogP contribution in [0, 0.1) is 0 Å². The third-order valence-corrected chi connectivity index (χ3v) is 3.28. The van der Waals surface area contributed by atoms with Crippen molar-refractivity contribution in [2.45, 2.75) is 39.5 Å². The molecule has 2 N–H and O–H groups in total. The summed E-state index contributed by atoms with van der Waals surface area (Å²) in [5.74, 6) is 0. The Morgan fingerprint density at radius 2 is 2.13 bits per heavy atom. The molecule has 0 spiro atoms. The third kappa shape index (κ3) is 4.97. The lowest BCUT2D eigenvalue weighted by molar-refractivity contribution is 0.0514. The van der Waals surface area contributed by atoms with Crippen molar-refractivity contribution in [3.05, 3.63) is 46.7 Å². The Kier molecular flexibility index (Phi) is 5.28. The Morgan fingerprint density at radius 1 is 1.39 bits per heavy atom. The Balaban J connectivity index is 1.98. The number of rotatable bonds is 4. The van der Waals surface area contributed by atoms with Crippen molar-refractivity contribution < 1.29 is 14.6 Å². The van der Waals surface area contributed by atoms with Crippen molar-refractivity contribution in [1.82, 2.24) is 9.78 Å². The van der Waals surface area contributed by atoms with Gasteiger partial charge in [-0.1, -0.05) is 11.6 Å². The van der Waals surface area contributed by atoms with Crippen LogP contribution in [-0.4, -0.2) is 26.6 Å². The van der Waals surface area contributed by atoms with Crippen LogP contribution < -0.4 is 5.32 Å². The van der Waals surface area contributed by atoms with E-state index in [1.54, 1.807) is 45.2 Å². The van der Waals surface area contributed by atoms with Gasteiger partial charge in [-0.3, -0.25) is 0 Å². The summed E-state index contributed by atoms with van der Waals surface area (Å²) in [7, 11) is 0. The van der Waals surface area contributed by atoms with E-state index in [1.807, 2.05) is 6.07 Å². The van der Waals surface area contributed by atoms with E-state index in [0.29, 0.717) is 22.8 Å². The van der Waals surface area contributed by atoms with Crippen LogP contribution in [0.1, 0.15) is 32.0 Å². The predicted octanol–water partition coefficient (Wildman–Crippen LogP) is 3.42. The van der Waals surface area contributed by atoms with Crippen LogP contribution in [0.5, 0.6) is 0 Å². The van der Waals surface area contributed by atoms with Crippen LogP contribution in [0.25, 0.3) is 0 Å². The highest BCUT2D eigenvalue weighted by Crippen LogP contribution is 2.20. The fraction of sp³-hybridized carbons (Fsp3) is 0.375. The van der Waals surface area contributed by atoms with E-state index in [-0.39, 0.29) is 6.61 Å². The number of benzene rings is 1. The molecular weight excluding hydrogens is 318 g/mol. The number of aliphatic hydroxyl groups excluding tert-OH is 1. The summed E-state index contributed by atoms with van der Waals surface area (Å²) in [6, 6.07) is 7.04. The van der Waals surface area contributed by atoms with Crippen molar-refractivity contribution in [3.63, 3.8) is 0 Å². The van der Waals surface area contributed by atoms with Gasteiger partial charge in [0, 0.05) is 16.9 Å². The molecule has 0 saturated heterocycles. The van der Waals surface area contributed by atoms with Crippen LogP contribution in [0.3, 0.4) is 0 Å². The number of anilines is 1. The zero-order chi connectivity index (χ0) is 17.0. The molecule has 1 aromatic carbocycles. The first-order valence-corrected chi connectivity index (χ1v) is 7.57. The van der Waals surface area contributed by atoms with Gasteiger partial charge < -0.3 is 15.2 Å². The molecule has 0 saturated carbocycles. The first-order valence-electron chi connectivity index (χ1n) is 7.19. The van der Waals surface area contributed by atoms with Crippen molar-refractivity contribution in [2.75, 3.05) is 5.32 Å². The third-order valence-electron chi connectivity index (χ3n) is 2.91. The highest BCUT2D eigenvalue weighted by atomic mass is 35.5. The summed E-state index contributed by atoms with van der Waals surface area (Å²) in [6.07, 6.45) is 1.05. The highest BCUT2D eigenvalue weighted by Gasteiger charge is 2.18. The molecule has 0 aliphatic rings. The number of carbonyl (C=O) groups is 1. The maximum Gasteiger partial charge on any atom is 0.435 e. The average Bonchev–Trinajstić information content (AvgIpc) is 2.93. The molecule has 23 heavy (non-hydrogen) atoms. The van der Waals surface area contributed by atoms with E-state index in [9.17, 15) is 9.90 Å². The zero-order valence-corrected chi connectivity index (χ0v) is 14.1. The number of nitrogens with one attached hydrogen (secondary N) is 1. The van der Waals surface area contributed by atoms with Crippen LogP contribution in [0.15, 0.2) is 30.5 Å². The second-order valence-corrected chi connectivity index (χ2v) is 6.46. The molecule has 2 aromatic rings. The molecule has 7 heteroatoms. The molecule has 124 valence electrons. The minimum absolute atomic E-state index is 0.123. The number of halogens is 1. The Hall–Kier alpha value is -2.05. The van der Waals surface area contributed by atoms with Crippen molar-refractivity contribution >= 4 is 23.4 Å². The van der Waals surface area contributed by atoms with E-state index in [0.717, 1.165) is 5.69 Å². The lowest BCUT2D eigenvalue weighted by atomic mass is 10.2. The predicted molar refractivity (Wildman–Crippen MR) is 88.6 cm³/mol. The van der Waals surface area contributed by atoms with Gasteiger partial charge in [-0.2, -0.15) is 9.78 Å². The van der Waals surface area contributed by atoms with Crippen LogP contribution in [-0.2, 0) is 17.9 Å². The second kappa shape index (κ2) is 7.02. The molecule has 0 aliphatic heterocycles. The van der Waals surface area contributed by atoms with Gasteiger partial charge in [0.25, 0.3) is 0 Å². The SMILES string of the molecule is CC(C)(C)OC(=O)n1ccc(CNc2ccc(Cl)c(CO)c2)n1. The topological polar surface area (TPSA) is 76.4 Å². The molecule has 0 amide bonds. The highest BCUT2D eigenvalue weighted by molar-refractivity contribution is 6.31. The molecule has 0 aliphatic carbocycles. The summed E-state index contributed by atoms with van der Waals surface area (Å²) >= 11 is 5.95. The second-order valence-electron chi connectivity index (χ2n) is 6.05. The lowest BCUT2D eigenvalue weighted by Gasteiger charge is -2.18. The van der Waals surface area contributed by atoms with Gasteiger partial charge in [0.05, 0.1) is 18.8 Å². The molecule has 1 heterocycles. The molecule has 6 nitrogen and oxygen atoms in total. The minimum atomic E-state index is -0.564. The monoisotopic (exact) mass is 337 g/mol. The number of carbonyl (C=O) groups excluding carboxylic acids is 1. The van der Waals surface area contributed by atoms with E-state index >= 15 is 0 Å². The molecule has 0 fully saturated rings. The number of hydrogen-bond acceptors (Lipinski definition) is 5. The first-order chi connectivity index (χ1) is 10.8. The van der Waals surface area contributed by atoms with Crippen molar-refractivity contribution in [1.29, 1.82) is 0 Å². The van der Waals surface area contributed by atoms with Gasteiger partial charge in [-0.05, 0) is 50.6 Å². The summed E-state index contributed by atoms with van der Waals surface area (Å²) in [5, 5.41) is 17.1. The molecule has 2 rings (SSSR count). The first kappa shape index (κ1) is 17.3. The van der Waals surface area contributed by atoms with Gasteiger partial charge >= 0.3 is 6.09 Å². The normalized spacial score (nSPS) is 11.3. The Morgan fingerprint density at radius 3 is 2.78 bits per heavy atom. The van der Waals surface area contributed by atoms with Gasteiger partial charge in [-0.25, -0.2) is 4.79 Å². The number of hydrogen-bond donors (Lipinski definition) is 2. The molecule has 0 radical (unpaired) electrons. The maximum atomic E-state index is 11.9. The Labute approximate surface area is 140 Å². The molecule has 0 atom stereocenters. The summed E-state index contributed by atoms with van der Waals surface area (Å²) in [5.41, 5.74) is 1.59. The number of aromatic nitrogens is 2. The summed E-state index contributed by atoms with van der Waals surface area (Å²) in [4.78, 5) is 11.9. The number of aliphatic hydroxyl groups is 1. The average molecular weight is 338 g/mol. The van der Waals surface area contributed by atoms with Gasteiger partial charge in [0.2, 0.25) is 0 Å². The van der Waals surface area contributed by atoms with Crippen LogP contribution >= 0.6 is 11.6 Å². The smallest absolute Gasteiger partial charge is 0.435 e. The van der Waals surface area contributed by atoms with E-state index in [4.69, 9.17) is 16.3 Å². The zero-order valence-electron chi connectivity index (χ0n) is 13.3. The van der Waals surface area contributed by atoms with Crippen LogP contribution in [0.2, 0.25) is 5.02 Å². The van der Waals surface area contributed by atoms with Gasteiger partial charge in [0.1, 0.15) is 5.60 Å². The molecule has 0 unspecified atom stereocenters. The lowest BCUT2D eigenvalue weighted by Crippen LogP contribution is -2.27. The van der Waals surface area contributed by atoms with E-state index < -0.39 is 11.7 Å². The summed E-state index contributed by atoms with van der Waals surface area (Å²) < 4.78 is 6.41. The fourth-order valence-corrected chi connectivity index (χ4v) is 2.04. The Bertz CT molecular complexity index is 692. The van der Waals surface area contributed by atoms with Gasteiger partial charge in [-0.15, -0.1) is 0 Å². The maximum absolute atomic E-state index is 11.9. The van der Waals surface area contributed by atoms with Crippen molar-refractivity contribution in [3.8, 4) is 0 Å². The van der Waals surface area contributed by atoms with Crippen molar-refractivity contribution in [2.24, 2.45) is 0 Å². The van der Waals surface area contributed by atoms with E-state index in [2.05, 4.69) is 10.4 Å². The standard InChI is InChI=1S/C16H20ClN3O3/c1-16(2,3)23-15(22)20-7-6-13(19-20)9-18-12-4-5-14(17)11(8-12)10-21/h4-8,18,21H,9-10H2,1-3H3. The largest absolute Gasteiger partial charge is 0.442 e. The minimum Gasteiger partial charge on any atom is -0.442 e. The molecular formula is C16H20ClN3O3. The van der Waals surface area contributed by atoms with Crippen LogP contribution in [0.4, 0.5) is 10.5 Å². The molecule has 1 aromatic heterocycles. The van der Waals surface area contributed by atoms with Gasteiger partial charge in [0.15, 0.2) is 0 Å². The number of ether oxygens (including phenoxy) is 1. The summed E-state index contributed by atoms with van der Waals surface area (Å²) in [6.45, 7) is 5.71. The number of nitrogens with zero attached hydrogens (tertiary/aromatic N) is 2. The fourth-order valence-electron chi connectivity index (χ4n) is 1.86. The quantitative estimate of drug-likeness (QED) is 0.894. The molecule has 0 bridgehead atoms. The van der Waals surface area contributed by atoms with E-state index in [1.165, 1.54) is 4.68 Å².